The van der Waals surface area contributed by atoms with E-state index in [1.165, 1.54) is 29.4 Å². The van der Waals surface area contributed by atoms with Crippen LogP contribution in [-0.4, -0.2) is 17.4 Å². The second kappa shape index (κ2) is 8.66. The molecule has 0 spiro atoms. The summed E-state index contributed by atoms with van der Waals surface area (Å²) < 4.78 is 0. The highest BCUT2D eigenvalue weighted by Gasteiger charge is 2.03. The van der Waals surface area contributed by atoms with Crippen molar-refractivity contribution in [3.05, 3.63) is 53.5 Å². The molecule has 2 rings (SSSR count). The van der Waals surface area contributed by atoms with Crippen LogP contribution in [0.3, 0.4) is 0 Å². The van der Waals surface area contributed by atoms with Crippen LogP contribution in [0.5, 0.6) is 0 Å². The molecule has 22 heavy (non-hydrogen) atoms. The molecule has 0 aliphatic rings. The van der Waals surface area contributed by atoms with Crippen LogP contribution in [0, 0.1) is 7.05 Å². The first-order chi connectivity index (χ1) is 10.7. The van der Waals surface area contributed by atoms with Gasteiger partial charge in [0.2, 0.25) is 5.91 Å². The van der Waals surface area contributed by atoms with Gasteiger partial charge in [0.15, 0.2) is 5.13 Å². The van der Waals surface area contributed by atoms with Gasteiger partial charge in [-0.3, -0.25) is 4.79 Å². The first kappa shape index (κ1) is 16.6. The number of nitrogens with zero attached hydrogens (tertiary/aromatic N) is 1. The fourth-order valence-corrected chi connectivity index (χ4v) is 2.98. The molecule has 1 amide bonds. The molecule has 0 aliphatic heterocycles. The summed E-state index contributed by atoms with van der Waals surface area (Å²) in [5.74, 6) is -0.0779. The fraction of sp³-hybridized carbons (Fsp3) is 0.353. The third kappa shape index (κ3) is 5.58. The Labute approximate surface area is 136 Å². The van der Waals surface area contributed by atoms with Crippen molar-refractivity contribution >= 4 is 22.4 Å². The molecule has 4 nitrogen and oxygen atoms in total. The van der Waals surface area contributed by atoms with Gasteiger partial charge in [-0.25, -0.2) is 4.98 Å². The molecule has 0 unspecified atom stereocenters. The van der Waals surface area contributed by atoms with Gasteiger partial charge in [-0.15, -0.1) is 11.3 Å². The number of anilines is 1. The Bertz CT molecular complexity index is 592. The minimum absolute atomic E-state index is 0.0779. The van der Waals surface area contributed by atoms with E-state index < -0.39 is 0 Å². The second-order valence-corrected chi connectivity index (χ2v) is 6.06. The maximum atomic E-state index is 11.0. The maximum absolute atomic E-state index is 11.0. The lowest BCUT2D eigenvalue weighted by atomic mass is 10.0. The molecular weight excluding hydrogens is 294 g/mol. The van der Waals surface area contributed by atoms with Gasteiger partial charge in [0.1, 0.15) is 0 Å². The van der Waals surface area contributed by atoms with Crippen molar-refractivity contribution in [3.8, 4) is 0 Å². The van der Waals surface area contributed by atoms with E-state index in [2.05, 4.69) is 39.9 Å². The van der Waals surface area contributed by atoms with E-state index in [-0.39, 0.29) is 5.91 Å². The summed E-state index contributed by atoms with van der Waals surface area (Å²) in [5, 5.41) is 8.06. The van der Waals surface area contributed by atoms with E-state index in [4.69, 9.17) is 7.05 Å². The quantitative estimate of drug-likeness (QED) is 0.736. The van der Waals surface area contributed by atoms with Crippen molar-refractivity contribution in [2.45, 2.75) is 32.6 Å². The summed E-state index contributed by atoms with van der Waals surface area (Å²) in [7, 11) is 5.28. The van der Waals surface area contributed by atoms with Crippen LogP contribution in [0.4, 0.5) is 5.13 Å². The molecule has 0 atom stereocenters. The highest BCUT2D eigenvalue weighted by molar-refractivity contribution is 7.13. The zero-order valence-electron chi connectivity index (χ0n) is 12.8. The van der Waals surface area contributed by atoms with Crippen molar-refractivity contribution < 1.29 is 4.79 Å². The Morgan fingerprint density at radius 1 is 1.18 bits per heavy atom. The molecule has 5 heteroatoms. The van der Waals surface area contributed by atoms with E-state index in [0.29, 0.717) is 5.13 Å². The average molecular weight is 315 g/mol. The zero-order valence-corrected chi connectivity index (χ0v) is 13.6. The van der Waals surface area contributed by atoms with Gasteiger partial charge in [0.05, 0.1) is 5.69 Å². The molecule has 0 fully saturated rings. The fourth-order valence-electron chi connectivity index (χ4n) is 2.19. The summed E-state index contributed by atoms with van der Waals surface area (Å²) in [4.78, 5) is 15.4. The lowest BCUT2D eigenvalue weighted by Gasteiger charge is -2.04. The monoisotopic (exact) mass is 315 g/mol. The number of amides is 1. The van der Waals surface area contributed by atoms with Gasteiger partial charge in [-0.05, 0) is 43.4 Å². The summed E-state index contributed by atoms with van der Waals surface area (Å²) in [5.41, 5.74) is 3.67. The normalized spacial score (nSPS) is 10.6. The Hall–Kier alpha value is -1.72. The first-order valence-electron chi connectivity index (χ1n) is 7.40. The van der Waals surface area contributed by atoms with Crippen molar-refractivity contribution in [1.29, 1.82) is 0 Å². The molecule has 2 radical (unpaired) electrons. The number of rotatable bonds is 8. The third-order valence-electron chi connectivity index (χ3n) is 3.31. The predicted octanol–water partition coefficient (Wildman–Crippen LogP) is 3.08. The number of thiazole rings is 1. The smallest absolute Gasteiger partial charge is 0.223 e. The number of nitrogens with one attached hydrogen (secondary N) is 2. The third-order valence-corrected chi connectivity index (χ3v) is 4.12. The Kier molecular flexibility index (Phi) is 6.55. The molecule has 0 saturated heterocycles. The van der Waals surface area contributed by atoms with Crippen molar-refractivity contribution in [3.63, 3.8) is 0 Å². The summed E-state index contributed by atoms with van der Waals surface area (Å²) >= 11 is 1.47. The highest BCUT2D eigenvalue weighted by atomic mass is 32.1. The number of carbonyl (C=O) groups is 1. The minimum Gasteiger partial charge on any atom is -0.311 e. The van der Waals surface area contributed by atoms with Gasteiger partial charge in [-0.2, -0.15) is 0 Å². The van der Waals surface area contributed by atoms with Crippen molar-refractivity contribution in [2.24, 2.45) is 0 Å². The zero-order chi connectivity index (χ0) is 15.8. The molecule has 0 saturated carbocycles. The Morgan fingerprint density at radius 3 is 2.50 bits per heavy atom. The Balaban J connectivity index is 1.76. The topological polar surface area (TPSA) is 54.0 Å². The minimum atomic E-state index is -0.0779. The molecule has 1 heterocycles. The lowest BCUT2D eigenvalue weighted by molar-refractivity contribution is -0.114. The lowest BCUT2D eigenvalue weighted by Crippen LogP contribution is -2.07. The summed E-state index contributed by atoms with van der Waals surface area (Å²) in [6, 6.07) is 8.67. The van der Waals surface area contributed by atoms with Gasteiger partial charge >= 0.3 is 0 Å². The van der Waals surface area contributed by atoms with Crippen LogP contribution in [0.1, 0.15) is 30.2 Å². The van der Waals surface area contributed by atoms with Crippen LogP contribution in [-0.2, 0) is 24.1 Å². The van der Waals surface area contributed by atoms with Gasteiger partial charge in [-0.1, -0.05) is 24.3 Å². The van der Waals surface area contributed by atoms with E-state index in [9.17, 15) is 4.79 Å². The first-order valence-corrected chi connectivity index (χ1v) is 8.28. The van der Waals surface area contributed by atoms with Gasteiger partial charge in [0.25, 0.3) is 0 Å². The number of aromatic nitrogens is 1. The SMILES string of the molecule is [CH]NCCc1ccc(CCCc2csc(NC(C)=O)n2)cc1. The maximum Gasteiger partial charge on any atom is 0.223 e. The summed E-state index contributed by atoms with van der Waals surface area (Å²) in [6.45, 7) is 2.29. The van der Waals surface area contributed by atoms with Crippen molar-refractivity contribution in [1.82, 2.24) is 10.3 Å². The van der Waals surface area contributed by atoms with Crippen LogP contribution >= 0.6 is 11.3 Å². The molecule has 0 bridgehead atoms. The van der Waals surface area contributed by atoms with Gasteiger partial charge < -0.3 is 10.6 Å². The molecule has 2 aromatic rings. The van der Waals surface area contributed by atoms with E-state index in [1.807, 2.05) is 5.38 Å². The van der Waals surface area contributed by atoms with E-state index >= 15 is 0 Å². The molecule has 1 aromatic carbocycles. The number of aryl methyl sites for hydroxylation is 2. The number of carbonyl (C=O) groups excluding carboxylic acids is 1. The number of benzene rings is 1. The summed E-state index contributed by atoms with van der Waals surface area (Å²) in [6.07, 6.45) is 3.95. The second-order valence-electron chi connectivity index (χ2n) is 5.20. The largest absolute Gasteiger partial charge is 0.311 e. The van der Waals surface area contributed by atoms with Crippen LogP contribution < -0.4 is 10.6 Å². The molecular formula is C17H21N3OS. The van der Waals surface area contributed by atoms with Crippen LogP contribution in [0.15, 0.2) is 29.6 Å². The standard InChI is InChI=1S/C17H21N3OS/c1-13(21)19-17-20-16(12-22-17)5-3-4-14-6-8-15(9-7-14)10-11-18-2/h2,6-9,12,18H,3-5,10-11H2,1H3,(H,19,20,21). The molecule has 1 aromatic heterocycles. The number of hydrogen-bond acceptors (Lipinski definition) is 4. The molecule has 0 aliphatic carbocycles. The molecule has 116 valence electrons. The average Bonchev–Trinajstić information content (AvgIpc) is 2.93. The van der Waals surface area contributed by atoms with E-state index in [1.54, 1.807) is 0 Å². The Morgan fingerprint density at radius 2 is 1.86 bits per heavy atom. The predicted molar refractivity (Wildman–Crippen MR) is 90.9 cm³/mol. The van der Waals surface area contributed by atoms with Gasteiger partial charge in [0, 0.05) is 19.4 Å². The van der Waals surface area contributed by atoms with E-state index in [0.717, 1.165) is 37.9 Å². The highest BCUT2D eigenvalue weighted by Crippen LogP contribution is 2.17. The molecule has 2 N–H and O–H groups in total. The van der Waals surface area contributed by atoms with Crippen LogP contribution in [0.2, 0.25) is 0 Å². The number of hydrogen-bond donors (Lipinski definition) is 2. The van der Waals surface area contributed by atoms with Crippen LogP contribution in [0.25, 0.3) is 0 Å². The van der Waals surface area contributed by atoms with Crippen molar-refractivity contribution in [2.75, 3.05) is 11.9 Å².